The molecule has 8 heteroatoms. The van der Waals surface area contributed by atoms with Crippen molar-refractivity contribution in [2.75, 3.05) is 0 Å². The fourth-order valence-corrected chi connectivity index (χ4v) is 2.20. The number of benzene rings is 2. The lowest BCUT2D eigenvalue weighted by molar-refractivity contribution is -0.384. The first-order valence-electron chi connectivity index (χ1n) is 6.67. The first-order chi connectivity index (χ1) is 11.5. The van der Waals surface area contributed by atoms with E-state index in [0.717, 1.165) is 6.07 Å². The monoisotopic (exact) mass is 325 g/mol. The van der Waals surface area contributed by atoms with Gasteiger partial charge in [-0.2, -0.15) is 5.26 Å². The van der Waals surface area contributed by atoms with E-state index in [1.165, 1.54) is 36.4 Å². The number of carbonyl (C=O) groups excluding carboxylic acids is 1. The highest BCUT2D eigenvalue weighted by atomic mass is 19.1. The predicted molar refractivity (Wildman–Crippen MR) is 81.0 cm³/mol. The molecule has 0 unspecified atom stereocenters. The topological polar surface area (TPSA) is 109 Å². The van der Waals surface area contributed by atoms with Crippen LogP contribution < -0.4 is 4.74 Å². The van der Waals surface area contributed by atoms with Gasteiger partial charge in [0.2, 0.25) is 0 Å². The molecule has 3 rings (SSSR count). The van der Waals surface area contributed by atoms with E-state index in [-0.39, 0.29) is 22.7 Å². The first kappa shape index (κ1) is 15.2. The molecule has 118 valence electrons. The van der Waals surface area contributed by atoms with Gasteiger partial charge in [-0.05, 0) is 30.3 Å². The highest BCUT2D eigenvalue weighted by Gasteiger charge is 2.15. The van der Waals surface area contributed by atoms with Crippen molar-refractivity contribution in [3.63, 3.8) is 0 Å². The van der Waals surface area contributed by atoms with Gasteiger partial charge in [0.1, 0.15) is 23.3 Å². The molecule has 0 aliphatic rings. The van der Waals surface area contributed by atoms with E-state index in [1.807, 2.05) is 6.07 Å². The summed E-state index contributed by atoms with van der Waals surface area (Å²) in [4.78, 5) is 24.9. The summed E-state index contributed by atoms with van der Waals surface area (Å²) >= 11 is 0. The summed E-state index contributed by atoms with van der Waals surface area (Å²) in [5, 5.41) is 19.9. The number of aromatic nitrogens is 1. The summed E-state index contributed by atoms with van der Waals surface area (Å²) in [7, 11) is 0. The second-order valence-corrected chi connectivity index (χ2v) is 4.85. The molecule has 0 aliphatic heterocycles. The van der Waals surface area contributed by atoms with Gasteiger partial charge in [0, 0.05) is 17.5 Å². The van der Waals surface area contributed by atoms with Crippen LogP contribution >= 0.6 is 0 Å². The van der Waals surface area contributed by atoms with E-state index in [2.05, 4.69) is 4.98 Å². The Bertz CT molecular complexity index is 1000. The molecule has 0 bridgehead atoms. The van der Waals surface area contributed by atoms with Crippen molar-refractivity contribution in [2.24, 2.45) is 0 Å². The lowest BCUT2D eigenvalue weighted by Gasteiger charge is -2.02. The standard InChI is InChI=1S/C16H8FN3O4/c17-11-5-9-7-14(19-15(9)10(6-11)8-18)16(21)24-13-3-1-12(2-4-13)20(22)23/h1-7,19H. The number of H-pyrrole nitrogens is 1. The number of fused-ring (bicyclic) bond motifs is 1. The molecule has 0 amide bonds. The van der Waals surface area contributed by atoms with Gasteiger partial charge in [-0.1, -0.05) is 0 Å². The van der Waals surface area contributed by atoms with Crippen LogP contribution in [-0.2, 0) is 0 Å². The highest BCUT2D eigenvalue weighted by Crippen LogP contribution is 2.23. The Morgan fingerprint density at radius 2 is 1.96 bits per heavy atom. The minimum Gasteiger partial charge on any atom is -0.422 e. The SMILES string of the molecule is N#Cc1cc(F)cc2cc(C(=O)Oc3ccc([N+](=O)[O-])cc3)[nH]c12. The number of nitro benzene ring substituents is 1. The molecule has 1 aromatic heterocycles. The number of hydrogen-bond acceptors (Lipinski definition) is 5. The number of nitrogens with one attached hydrogen (secondary N) is 1. The zero-order valence-electron chi connectivity index (χ0n) is 11.9. The number of carbonyl (C=O) groups is 1. The fraction of sp³-hybridized carbons (Fsp3) is 0. The molecule has 1 heterocycles. The van der Waals surface area contributed by atoms with Crippen LogP contribution in [-0.4, -0.2) is 15.9 Å². The van der Waals surface area contributed by atoms with E-state index in [4.69, 9.17) is 10.00 Å². The molecule has 0 saturated heterocycles. The fourth-order valence-electron chi connectivity index (χ4n) is 2.20. The molecule has 1 N–H and O–H groups in total. The number of non-ortho nitro benzene ring substituents is 1. The van der Waals surface area contributed by atoms with Crippen LogP contribution in [0, 0.1) is 27.3 Å². The van der Waals surface area contributed by atoms with Gasteiger partial charge in [0.05, 0.1) is 16.0 Å². The highest BCUT2D eigenvalue weighted by molar-refractivity contribution is 5.97. The third-order valence-corrected chi connectivity index (χ3v) is 3.29. The predicted octanol–water partition coefficient (Wildman–Crippen LogP) is 3.31. The summed E-state index contributed by atoms with van der Waals surface area (Å²) in [6, 6.07) is 10.5. The number of ether oxygens (including phenoxy) is 1. The van der Waals surface area contributed by atoms with Crippen molar-refractivity contribution < 1.29 is 18.8 Å². The zero-order valence-corrected chi connectivity index (χ0v) is 11.9. The minimum absolute atomic E-state index is 0.0328. The molecule has 2 aromatic carbocycles. The summed E-state index contributed by atoms with van der Waals surface area (Å²) in [5.74, 6) is -1.23. The molecule has 0 fully saturated rings. The van der Waals surface area contributed by atoms with Crippen molar-refractivity contribution in [1.29, 1.82) is 5.26 Å². The van der Waals surface area contributed by atoms with Crippen molar-refractivity contribution in [3.8, 4) is 11.8 Å². The number of nitriles is 1. The molecular formula is C16H8FN3O4. The van der Waals surface area contributed by atoms with Crippen LogP contribution in [0.4, 0.5) is 10.1 Å². The van der Waals surface area contributed by atoms with Crippen molar-refractivity contribution in [2.45, 2.75) is 0 Å². The smallest absolute Gasteiger partial charge is 0.360 e. The maximum Gasteiger partial charge on any atom is 0.360 e. The lowest BCUT2D eigenvalue weighted by atomic mass is 10.1. The second kappa shape index (κ2) is 5.81. The van der Waals surface area contributed by atoms with E-state index in [9.17, 15) is 19.3 Å². The molecule has 0 spiro atoms. The third kappa shape index (κ3) is 2.78. The normalized spacial score (nSPS) is 10.3. The van der Waals surface area contributed by atoms with Crippen LogP contribution in [0.5, 0.6) is 5.75 Å². The van der Waals surface area contributed by atoms with Gasteiger partial charge >= 0.3 is 5.97 Å². The Kier molecular flexibility index (Phi) is 3.67. The van der Waals surface area contributed by atoms with Gasteiger partial charge in [-0.25, -0.2) is 9.18 Å². The molecule has 3 aromatic rings. The Labute approximate surface area is 134 Å². The maximum atomic E-state index is 13.4. The number of nitro groups is 1. The average Bonchev–Trinajstić information content (AvgIpc) is 2.98. The van der Waals surface area contributed by atoms with Gasteiger partial charge in [0.25, 0.3) is 5.69 Å². The molecule has 0 atom stereocenters. The van der Waals surface area contributed by atoms with E-state index in [1.54, 1.807) is 0 Å². The largest absolute Gasteiger partial charge is 0.422 e. The van der Waals surface area contributed by atoms with Crippen LogP contribution in [0.15, 0.2) is 42.5 Å². The third-order valence-electron chi connectivity index (χ3n) is 3.29. The lowest BCUT2D eigenvalue weighted by Crippen LogP contribution is -2.08. The summed E-state index contributed by atoms with van der Waals surface area (Å²) in [6.07, 6.45) is 0. The molecule has 0 radical (unpaired) electrons. The molecule has 24 heavy (non-hydrogen) atoms. The Hall–Kier alpha value is -3.73. The summed E-state index contributed by atoms with van der Waals surface area (Å²) < 4.78 is 18.5. The van der Waals surface area contributed by atoms with Crippen LogP contribution in [0.1, 0.15) is 16.1 Å². The van der Waals surface area contributed by atoms with E-state index in [0.29, 0.717) is 10.9 Å². The zero-order chi connectivity index (χ0) is 17.3. The van der Waals surface area contributed by atoms with E-state index < -0.39 is 16.7 Å². The van der Waals surface area contributed by atoms with Crippen molar-refractivity contribution in [1.82, 2.24) is 4.98 Å². The molecule has 0 aliphatic carbocycles. The Morgan fingerprint density at radius 3 is 2.58 bits per heavy atom. The van der Waals surface area contributed by atoms with Gasteiger partial charge in [-0.15, -0.1) is 0 Å². The first-order valence-corrected chi connectivity index (χ1v) is 6.67. The van der Waals surface area contributed by atoms with Gasteiger partial charge in [-0.3, -0.25) is 10.1 Å². The Balaban J connectivity index is 1.89. The number of hydrogen-bond donors (Lipinski definition) is 1. The van der Waals surface area contributed by atoms with E-state index >= 15 is 0 Å². The quantitative estimate of drug-likeness (QED) is 0.344. The number of esters is 1. The minimum atomic E-state index is -0.760. The maximum absolute atomic E-state index is 13.4. The van der Waals surface area contributed by atoms with Crippen LogP contribution in [0.3, 0.4) is 0 Å². The van der Waals surface area contributed by atoms with Crippen molar-refractivity contribution >= 4 is 22.6 Å². The number of halogens is 1. The molecule has 7 nitrogen and oxygen atoms in total. The second-order valence-electron chi connectivity index (χ2n) is 4.85. The summed E-state index contributed by atoms with van der Waals surface area (Å²) in [5.41, 5.74) is 0.300. The Morgan fingerprint density at radius 1 is 1.25 bits per heavy atom. The van der Waals surface area contributed by atoms with Crippen molar-refractivity contribution in [3.05, 3.63) is 69.7 Å². The molecule has 0 saturated carbocycles. The number of aromatic amines is 1. The average molecular weight is 325 g/mol. The number of rotatable bonds is 3. The van der Waals surface area contributed by atoms with Crippen LogP contribution in [0.2, 0.25) is 0 Å². The summed E-state index contributed by atoms with van der Waals surface area (Å²) in [6.45, 7) is 0. The molecular weight excluding hydrogens is 317 g/mol. The van der Waals surface area contributed by atoms with Gasteiger partial charge in [0.15, 0.2) is 0 Å². The van der Waals surface area contributed by atoms with Crippen LogP contribution in [0.25, 0.3) is 10.9 Å². The van der Waals surface area contributed by atoms with Gasteiger partial charge < -0.3 is 9.72 Å². The number of nitrogens with zero attached hydrogens (tertiary/aromatic N) is 2.